The van der Waals surface area contributed by atoms with Crippen LogP contribution in [-0.2, 0) is 6.54 Å². The quantitative estimate of drug-likeness (QED) is 0.453. The number of amides is 1. The molecule has 1 N–H and O–H groups in total. The first-order chi connectivity index (χ1) is 16.2. The molecule has 0 saturated heterocycles. The molecule has 2 aromatic heterocycles. The van der Waals surface area contributed by atoms with Gasteiger partial charge in [0.2, 0.25) is 0 Å². The maximum Gasteiger partial charge on any atom is 0.273 e. The summed E-state index contributed by atoms with van der Waals surface area (Å²) in [6.45, 7) is 2.89. The molecule has 1 atom stereocenters. The van der Waals surface area contributed by atoms with Crippen molar-refractivity contribution >= 4 is 5.91 Å². The topological polar surface area (TPSA) is 80.3 Å². The average Bonchev–Trinajstić information content (AvgIpc) is 3.40. The summed E-state index contributed by atoms with van der Waals surface area (Å²) in [7, 11) is 1.62. The molecule has 0 spiro atoms. The van der Waals surface area contributed by atoms with E-state index in [2.05, 4.69) is 15.2 Å². The van der Waals surface area contributed by atoms with Gasteiger partial charge in [-0.1, -0.05) is 42.5 Å². The van der Waals surface area contributed by atoms with Crippen molar-refractivity contribution in [2.75, 3.05) is 13.7 Å². The molecule has 1 amide bonds. The van der Waals surface area contributed by atoms with Crippen molar-refractivity contribution in [3.8, 4) is 22.8 Å². The van der Waals surface area contributed by atoms with Gasteiger partial charge in [0.1, 0.15) is 5.69 Å². The molecule has 0 bridgehead atoms. The van der Waals surface area contributed by atoms with E-state index < -0.39 is 0 Å². The molecule has 2 aromatic carbocycles. The van der Waals surface area contributed by atoms with Gasteiger partial charge in [-0.05, 0) is 36.2 Å². The number of carbonyl (C=O) groups is 1. The molecule has 0 radical (unpaired) electrons. The summed E-state index contributed by atoms with van der Waals surface area (Å²) in [5.74, 6) is 1.20. The summed E-state index contributed by atoms with van der Waals surface area (Å²) in [5, 5.41) is 7.52. The average molecular weight is 441 g/mol. The molecule has 1 unspecified atom stereocenters. The van der Waals surface area contributed by atoms with E-state index in [-0.39, 0.29) is 11.9 Å². The maximum absolute atomic E-state index is 13.5. The van der Waals surface area contributed by atoms with Crippen LogP contribution < -0.4 is 9.47 Å². The van der Waals surface area contributed by atoms with Crippen molar-refractivity contribution in [3.63, 3.8) is 0 Å². The Morgan fingerprint density at radius 2 is 1.91 bits per heavy atom. The highest BCUT2D eigenvalue weighted by atomic mass is 16.5. The number of aromatic amines is 1. The lowest BCUT2D eigenvalue weighted by atomic mass is 9.95. The number of rotatable bonds is 7. The van der Waals surface area contributed by atoms with Crippen molar-refractivity contribution < 1.29 is 14.3 Å². The van der Waals surface area contributed by atoms with Crippen molar-refractivity contribution in [3.05, 3.63) is 95.4 Å². The summed E-state index contributed by atoms with van der Waals surface area (Å²) in [5.41, 5.74) is 4.97. The molecule has 4 aromatic rings. The number of ether oxygens (including phenoxy) is 2. The fourth-order valence-corrected chi connectivity index (χ4v) is 4.34. The predicted molar refractivity (Wildman–Crippen MR) is 124 cm³/mol. The van der Waals surface area contributed by atoms with Gasteiger partial charge >= 0.3 is 0 Å². The number of hydrogen-bond donors (Lipinski definition) is 1. The third-order valence-electron chi connectivity index (χ3n) is 5.79. The van der Waals surface area contributed by atoms with Crippen LogP contribution in [0.2, 0.25) is 0 Å². The minimum Gasteiger partial charge on any atom is -0.493 e. The van der Waals surface area contributed by atoms with Gasteiger partial charge in [-0.3, -0.25) is 14.9 Å². The van der Waals surface area contributed by atoms with E-state index in [4.69, 9.17) is 9.47 Å². The van der Waals surface area contributed by atoms with E-state index in [1.54, 1.807) is 19.5 Å². The van der Waals surface area contributed by atoms with Gasteiger partial charge in [-0.15, -0.1) is 0 Å². The second-order valence-electron chi connectivity index (χ2n) is 7.77. The molecule has 0 fully saturated rings. The van der Waals surface area contributed by atoms with Crippen LogP contribution in [0.5, 0.6) is 11.5 Å². The first-order valence-electron chi connectivity index (χ1n) is 10.9. The van der Waals surface area contributed by atoms with Gasteiger partial charge in [0.05, 0.1) is 25.5 Å². The fraction of sp³-hybridized carbons (Fsp3) is 0.192. The highest BCUT2D eigenvalue weighted by Gasteiger charge is 2.42. The first kappa shape index (κ1) is 20.8. The Bertz CT molecular complexity index is 1270. The molecule has 166 valence electrons. The zero-order valence-electron chi connectivity index (χ0n) is 18.5. The van der Waals surface area contributed by atoms with Crippen molar-refractivity contribution in [1.82, 2.24) is 20.1 Å². The zero-order valence-corrected chi connectivity index (χ0v) is 18.5. The number of H-pyrrole nitrogens is 1. The number of nitrogens with one attached hydrogen (secondary N) is 1. The number of fused-ring (bicyclic) bond motifs is 1. The van der Waals surface area contributed by atoms with E-state index in [0.717, 1.165) is 27.9 Å². The summed E-state index contributed by atoms with van der Waals surface area (Å²) < 4.78 is 11.3. The Labute approximate surface area is 192 Å². The molecule has 1 aliphatic rings. The normalized spacial score (nSPS) is 14.9. The monoisotopic (exact) mass is 440 g/mol. The molecule has 5 rings (SSSR count). The number of hydrogen-bond acceptors (Lipinski definition) is 5. The predicted octanol–water partition coefficient (Wildman–Crippen LogP) is 4.62. The number of aromatic nitrogens is 3. The third-order valence-corrected chi connectivity index (χ3v) is 5.79. The Morgan fingerprint density at radius 3 is 2.64 bits per heavy atom. The van der Waals surface area contributed by atoms with Crippen LogP contribution in [0.3, 0.4) is 0 Å². The third kappa shape index (κ3) is 3.71. The first-order valence-corrected chi connectivity index (χ1v) is 10.9. The van der Waals surface area contributed by atoms with Crippen molar-refractivity contribution in [2.24, 2.45) is 0 Å². The Balaban J connectivity index is 1.65. The van der Waals surface area contributed by atoms with Gasteiger partial charge in [-0.25, -0.2) is 0 Å². The number of benzene rings is 2. The number of carbonyl (C=O) groups excluding carboxylic acids is 1. The van der Waals surface area contributed by atoms with E-state index >= 15 is 0 Å². The molecule has 0 saturated carbocycles. The van der Waals surface area contributed by atoms with Crippen LogP contribution in [-0.4, -0.2) is 39.7 Å². The molecule has 7 heteroatoms. The highest BCUT2D eigenvalue weighted by Crippen LogP contribution is 2.45. The van der Waals surface area contributed by atoms with E-state index in [1.807, 2.05) is 72.5 Å². The lowest BCUT2D eigenvalue weighted by Crippen LogP contribution is -2.29. The van der Waals surface area contributed by atoms with Crippen LogP contribution in [0, 0.1) is 0 Å². The molecular formula is C26H24N4O3. The maximum atomic E-state index is 13.5. The Morgan fingerprint density at radius 1 is 1.06 bits per heavy atom. The standard InChI is InChI=1S/C26H24N4O3/c1-3-33-20-12-11-19(14-21(20)32-2)25-22-23(18-9-5-4-6-10-18)28-29-24(22)26(31)30(25)16-17-8-7-13-27-15-17/h4-15,25H,3,16H2,1-2H3,(H,28,29). The van der Waals surface area contributed by atoms with E-state index in [1.165, 1.54) is 0 Å². The Kier molecular flexibility index (Phi) is 5.52. The lowest BCUT2D eigenvalue weighted by molar-refractivity contribution is 0.0729. The second kappa shape index (κ2) is 8.78. The molecule has 3 heterocycles. The van der Waals surface area contributed by atoms with Gasteiger partial charge in [-0.2, -0.15) is 5.10 Å². The lowest BCUT2D eigenvalue weighted by Gasteiger charge is -2.27. The highest BCUT2D eigenvalue weighted by molar-refractivity contribution is 6.00. The van der Waals surface area contributed by atoms with Crippen LogP contribution in [0.4, 0.5) is 0 Å². The minimum atomic E-state index is -0.341. The van der Waals surface area contributed by atoms with Crippen LogP contribution >= 0.6 is 0 Å². The van der Waals surface area contributed by atoms with Gasteiger partial charge in [0.25, 0.3) is 5.91 Å². The van der Waals surface area contributed by atoms with Crippen LogP contribution in [0.15, 0.2) is 73.1 Å². The zero-order chi connectivity index (χ0) is 22.8. The van der Waals surface area contributed by atoms with Gasteiger partial charge in [0.15, 0.2) is 11.5 Å². The van der Waals surface area contributed by atoms with Crippen LogP contribution in [0.25, 0.3) is 11.3 Å². The summed E-state index contributed by atoms with van der Waals surface area (Å²) in [6, 6.07) is 19.2. The second-order valence-corrected chi connectivity index (χ2v) is 7.77. The molecule has 0 aliphatic carbocycles. The van der Waals surface area contributed by atoms with Gasteiger partial charge in [0, 0.05) is 30.1 Å². The largest absolute Gasteiger partial charge is 0.493 e. The SMILES string of the molecule is CCOc1ccc(C2c3c(-c4ccccc4)n[nH]c3C(=O)N2Cc2cccnc2)cc1OC. The Hall–Kier alpha value is -4.13. The smallest absolute Gasteiger partial charge is 0.273 e. The number of methoxy groups -OCH3 is 1. The molecule has 33 heavy (non-hydrogen) atoms. The molecule has 1 aliphatic heterocycles. The summed E-state index contributed by atoms with van der Waals surface area (Å²) >= 11 is 0. The van der Waals surface area contributed by atoms with Crippen molar-refractivity contribution in [1.29, 1.82) is 0 Å². The number of nitrogens with zero attached hydrogens (tertiary/aromatic N) is 3. The fourth-order valence-electron chi connectivity index (χ4n) is 4.34. The molecule has 7 nitrogen and oxygen atoms in total. The van der Waals surface area contributed by atoms with Gasteiger partial charge < -0.3 is 14.4 Å². The summed E-state index contributed by atoms with van der Waals surface area (Å²) in [4.78, 5) is 19.6. The van der Waals surface area contributed by atoms with Crippen LogP contribution in [0.1, 0.15) is 40.1 Å². The molecular weight excluding hydrogens is 416 g/mol. The summed E-state index contributed by atoms with van der Waals surface area (Å²) in [6.07, 6.45) is 3.51. The van der Waals surface area contributed by atoms with E-state index in [0.29, 0.717) is 30.3 Å². The number of pyridine rings is 1. The van der Waals surface area contributed by atoms with E-state index in [9.17, 15) is 4.79 Å². The van der Waals surface area contributed by atoms with Crippen molar-refractivity contribution in [2.45, 2.75) is 19.5 Å². The minimum absolute atomic E-state index is 0.0959.